The summed E-state index contributed by atoms with van der Waals surface area (Å²) in [6.45, 7) is 0. The van der Waals surface area contributed by atoms with Crippen LogP contribution in [0.25, 0.3) is 0 Å². The quantitative estimate of drug-likeness (QED) is 0.0460. The zero-order valence-electron chi connectivity index (χ0n) is 41.7. The van der Waals surface area contributed by atoms with E-state index >= 15 is 0 Å². The van der Waals surface area contributed by atoms with Crippen molar-refractivity contribution in [3.05, 3.63) is 303 Å². The molecule has 367 valence electrons. The minimum absolute atomic E-state index is 0. The van der Waals surface area contributed by atoms with Gasteiger partial charge in [-0.2, -0.15) is 21.9 Å². The second-order valence-electron chi connectivity index (χ2n) is 17.8. The standard InChI is InChI=1S/C42H42P4.C24H20B.N2.Os/c1-7-19-37(20-8-1)44(38-21-9-2-10-22-38)34-31-43(32-35-45(39-23-11-3-12-24-39)40-25-13-4-14-26-40)33-36-46(41-27-15-5-16-28-41)42-29-17-6-18-30-42;1-5-13-21(14-6-1)25(22-15-7-2-8-16-22,23-17-9-3-10-18-23)24-19-11-4-12-20-24;1-2;/h1-30H,31-36H2;1-20H;;/q;-1;;+1. The van der Waals surface area contributed by atoms with Gasteiger partial charge in [-0.3, -0.25) is 0 Å². The molecule has 0 saturated heterocycles. The molecule has 0 saturated carbocycles. The first-order chi connectivity index (χ1) is 36.3. The van der Waals surface area contributed by atoms with Crippen molar-refractivity contribution in [2.75, 3.05) is 37.0 Å². The molecular formula is C66H62BN2OsP4. The van der Waals surface area contributed by atoms with Gasteiger partial charge >= 0.3 is 19.8 Å². The van der Waals surface area contributed by atoms with Crippen LogP contribution in [0.4, 0.5) is 0 Å². The van der Waals surface area contributed by atoms with Gasteiger partial charge in [-0.25, -0.2) is 0 Å². The molecule has 10 aromatic rings. The maximum atomic E-state index is 6.00. The molecule has 8 heteroatoms. The van der Waals surface area contributed by atoms with Gasteiger partial charge in [0.2, 0.25) is 0 Å². The number of hydrogen-bond donors (Lipinski definition) is 0. The van der Waals surface area contributed by atoms with Gasteiger partial charge in [-0.1, -0.05) is 303 Å². The van der Waals surface area contributed by atoms with E-state index in [0.29, 0.717) is 0 Å². The van der Waals surface area contributed by atoms with Crippen LogP contribution in [-0.4, -0.2) is 43.1 Å². The first-order valence-electron chi connectivity index (χ1n) is 25.2. The molecule has 10 rings (SSSR count). The van der Waals surface area contributed by atoms with Gasteiger partial charge in [-0.05, 0) is 92.6 Å². The average Bonchev–Trinajstić information content (AvgIpc) is 3.49. The van der Waals surface area contributed by atoms with Gasteiger partial charge in [0.15, 0.2) is 0 Å². The van der Waals surface area contributed by atoms with Crippen molar-refractivity contribution < 1.29 is 19.8 Å². The molecule has 74 heavy (non-hydrogen) atoms. The molecule has 0 bridgehead atoms. The summed E-state index contributed by atoms with van der Waals surface area (Å²) in [6.07, 6.45) is 6.54. The Kier molecular flexibility index (Phi) is 22.9. The minimum Gasteiger partial charge on any atom is -0.195 e. The Labute approximate surface area is 459 Å². The second kappa shape index (κ2) is 30.4. The maximum absolute atomic E-state index is 6.00. The molecule has 0 amide bonds. The van der Waals surface area contributed by atoms with E-state index in [1.54, 1.807) is 0 Å². The van der Waals surface area contributed by atoms with Crippen LogP contribution in [-0.2, 0) is 19.8 Å². The van der Waals surface area contributed by atoms with E-state index in [-0.39, 0.29) is 51.5 Å². The molecule has 0 unspecified atom stereocenters. The third kappa shape index (κ3) is 14.9. The van der Waals surface area contributed by atoms with Crippen LogP contribution in [0.1, 0.15) is 0 Å². The van der Waals surface area contributed by atoms with Crippen LogP contribution in [0.15, 0.2) is 303 Å². The van der Waals surface area contributed by atoms with Gasteiger partial charge in [0.05, 0.1) is 0 Å². The Balaban J connectivity index is 0.000000241. The van der Waals surface area contributed by atoms with Crippen LogP contribution in [0.2, 0.25) is 0 Å². The molecule has 0 heterocycles. The van der Waals surface area contributed by atoms with Gasteiger partial charge in [-0.15, -0.1) is 7.92 Å². The largest absolute Gasteiger partial charge is 1.00 e. The van der Waals surface area contributed by atoms with Crippen molar-refractivity contribution in [2.24, 2.45) is 0 Å². The first kappa shape index (κ1) is 55.8. The predicted molar refractivity (Wildman–Crippen MR) is 327 cm³/mol. The van der Waals surface area contributed by atoms with Gasteiger partial charge in [0, 0.05) is 10.8 Å². The summed E-state index contributed by atoms with van der Waals surface area (Å²) in [7, 11) is -1.30. The smallest absolute Gasteiger partial charge is 0.195 e. The molecule has 0 aliphatic heterocycles. The summed E-state index contributed by atoms with van der Waals surface area (Å²) in [5.74, 6) is 0. The third-order valence-electron chi connectivity index (χ3n) is 13.5. The summed E-state index contributed by atoms with van der Waals surface area (Å²) in [5, 5.41) is 21.0. The molecule has 10 aromatic carbocycles. The van der Waals surface area contributed by atoms with Gasteiger partial charge in [0.25, 0.3) is 0 Å². The van der Waals surface area contributed by atoms with E-state index in [4.69, 9.17) is 10.8 Å². The average molecular weight is 1210 g/mol. The number of hydrogen-bond acceptors (Lipinski definition) is 2. The number of rotatable bonds is 19. The number of benzene rings is 10. The van der Waals surface area contributed by atoms with E-state index < -0.39 is 6.15 Å². The van der Waals surface area contributed by atoms with E-state index in [0.717, 1.165) is 0 Å². The minimum atomic E-state index is -1.22. The van der Waals surface area contributed by atoms with Gasteiger partial charge in [0.1, 0.15) is 6.15 Å². The van der Waals surface area contributed by atoms with Gasteiger partial charge < -0.3 is 0 Å². The molecule has 0 aliphatic carbocycles. The molecule has 0 spiro atoms. The van der Waals surface area contributed by atoms with Crippen LogP contribution in [0, 0.1) is 10.8 Å². The van der Waals surface area contributed by atoms with Crippen LogP contribution in [0.3, 0.4) is 0 Å². The second-order valence-corrected chi connectivity index (χ2v) is 27.5. The Morgan fingerprint density at radius 3 is 0.527 bits per heavy atom. The molecule has 0 fully saturated rings. The Morgan fingerprint density at radius 1 is 0.216 bits per heavy atom. The third-order valence-corrected chi connectivity index (χ3v) is 24.7. The van der Waals surface area contributed by atoms with E-state index in [1.165, 1.54) is 90.6 Å². The van der Waals surface area contributed by atoms with Crippen molar-refractivity contribution in [2.45, 2.75) is 0 Å². The summed E-state index contributed by atoms with van der Waals surface area (Å²) in [6, 6.07) is 111. The maximum Gasteiger partial charge on any atom is 1.00 e. The molecule has 0 aliphatic rings. The Bertz CT molecular complexity index is 2590. The van der Waals surface area contributed by atoms with Crippen molar-refractivity contribution in [1.82, 2.24) is 0 Å². The summed E-state index contributed by atoms with van der Waals surface area (Å²) in [4.78, 5) is 0. The van der Waals surface area contributed by atoms with Crippen molar-refractivity contribution in [3.63, 3.8) is 0 Å². The monoisotopic (exact) mass is 1210 g/mol. The van der Waals surface area contributed by atoms with Crippen LogP contribution < -0.4 is 53.7 Å². The molecule has 0 atom stereocenters. The van der Waals surface area contributed by atoms with Crippen LogP contribution >= 0.6 is 31.7 Å². The Hall–Kier alpha value is -5.96. The summed E-state index contributed by atoms with van der Waals surface area (Å²) < 4.78 is 0. The Morgan fingerprint density at radius 2 is 0.365 bits per heavy atom. The molecule has 1 radical (unpaired) electrons. The normalized spacial score (nSPS) is 10.9. The molecular weight excluding hydrogens is 1150 g/mol. The predicted octanol–water partition coefficient (Wildman–Crippen LogP) is 12.0. The van der Waals surface area contributed by atoms with E-state index in [9.17, 15) is 0 Å². The summed E-state index contributed by atoms with van der Waals surface area (Å²) >= 11 is 0. The zero-order chi connectivity index (χ0) is 50.2. The fourth-order valence-corrected chi connectivity index (χ4v) is 22.2. The van der Waals surface area contributed by atoms with E-state index in [1.807, 2.05) is 0 Å². The first-order valence-corrected chi connectivity index (χ1v) is 31.7. The fraction of sp³-hybridized carbons (Fsp3) is 0.0909. The molecule has 2 nitrogen and oxygen atoms in total. The van der Waals surface area contributed by atoms with Crippen molar-refractivity contribution in [3.8, 4) is 0 Å². The number of nitrogens with zero attached hydrogens (tertiary/aromatic N) is 2. The topological polar surface area (TPSA) is 47.6 Å². The SMILES string of the molecule is N#N.[Os+].c1ccc(P(CCP(CCP(c2ccccc2)c2ccccc2)CCP(c2ccccc2)c2ccccc2)c2ccccc2)cc1.c1ccc([B-](c2ccccc2)(c2ccccc2)c2ccccc2)cc1. The summed E-state index contributed by atoms with van der Waals surface area (Å²) in [5.41, 5.74) is 5.36. The molecule has 0 aromatic heterocycles. The fourth-order valence-electron chi connectivity index (χ4n) is 10.1. The zero-order valence-corrected chi connectivity index (χ0v) is 47.8. The molecule has 0 N–H and O–H groups in total. The van der Waals surface area contributed by atoms with Crippen molar-refractivity contribution in [1.29, 1.82) is 10.8 Å². The van der Waals surface area contributed by atoms with E-state index in [2.05, 4.69) is 303 Å². The van der Waals surface area contributed by atoms with Crippen LogP contribution in [0.5, 0.6) is 0 Å². The van der Waals surface area contributed by atoms with Crippen molar-refractivity contribution >= 4 is 91.5 Å².